The molecule has 0 atom stereocenters. The number of rotatable bonds is 29. The highest BCUT2D eigenvalue weighted by atomic mass is 33.7. The van der Waals surface area contributed by atoms with Gasteiger partial charge in [-0.3, -0.25) is 0 Å². The maximum Gasteiger partial charge on any atom is 0.154 e. The van der Waals surface area contributed by atoms with Gasteiger partial charge in [-0.25, -0.2) is 0 Å². The number of ether oxygens (including phenoxy) is 4. The first kappa shape index (κ1) is 37.7. The lowest BCUT2D eigenvalue weighted by atomic mass is 10.3. The molecule has 0 heterocycles. The van der Waals surface area contributed by atoms with Crippen LogP contribution in [-0.2, 0) is 18.9 Å². The molecular formula is C26H58O4S4Si2. The van der Waals surface area contributed by atoms with Crippen LogP contribution < -0.4 is 0 Å². The molecular weight excluding hydrogens is 561 g/mol. The minimum atomic E-state index is -0.462. The Labute approximate surface area is 244 Å². The van der Waals surface area contributed by atoms with E-state index < -0.39 is 19.0 Å². The van der Waals surface area contributed by atoms with E-state index in [0.717, 1.165) is 63.6 Å². The van der Waals surface area contributed by atoms with Crippen LogP contribution in [0.4, 0.5) is 0 Å². The fourth-order valence-electron chi connectivity index (χ4n) is 3.45. The van der Waals surface area contributed by atoms with Crippen LogP contribution in [0.1, 0.15) is 106 Å². The van der Waals surface area contributed by atoms with Crippen LogP contribution >= 0.6 is 41.2 Å². The van der Waals surface area contributed by atoms with Gasteiger partial charge in [0.05, 0.1) is 30.5 Å². The molecule has 0 rings (SSSR count). The zero-order valence-electron chi connectivity index (χ0n) is 24.4. The largest absolute Gasteiger partial charge is 0.354 e. The number of hydrogen-bond donors (Lipinski definition) is 0. The quantitative estimate of drug-likeness (QED) is 0.0359. The maximum atomic E-state index is 6.49. The van der Waals surface area contributed by atoms with Gasteiger partial charge in [0.1, 0.15) is 0 Å². The van der Waals surface area contributed by atoms with Crippen LogP contribution in [0.25, 0.3) is 0 Å². The minimum absolute atomic E-state index is 0.312. The van der Waals surface area contributed by atoms with E-state index in [9.17, 15) is 0 Å². The SMILES string of the molecule is CCCCOC(CSSSSCC(OCCCC)(OCCCC)[SiH2]CCC)(OCCCC)[SiH2]CCC. The second kappa shape index (κ2) is 26.9. The fourth-order valence-corrected chi connectivity index (χ4v) is 15.2. The number of unbranched alkanes of at least 4 members (excludes halogenated alkanes) is 4. The zero-order chi connectivity index (χ0) is 26.8. The van der Waals surface area contributed by atoms with Crippen molar-refractivity contribution < 1.29 is 18.9 Å². The predicted octanol–water partition coefficient (Wildman–Crippen LogP) is 8.23. The van der Waals surface area contributed by atoms with E-state index in [0.29, 0.717) is 0 Å². The molecule has 0 amide bonds. The van der Waals surface area contributed by atoms with E-state index in [1.165, 1.54) is 50.6 Å². The summed E-state index contributed by atoms with van der Waals surface area (Å²) in [6.07, 6.45) is 11.6. The third-order valence-corrected chi connectivity index (χ3v) is 18.2. The van der Waals surface area contributed by atoms with Crippen molar-refractivity contribution in [3.8, 4) is 0 Å². The van der Waals surface area contributed by atoms with E-state index in [2.05, 4.69) is 41.5 Å². The normalized spacial score (nSPS) is 13.2. The van der Waals surface area contributed by atoms with Crippen LogP contribution in [0.2, 0.25) is 12.1 Å². The molecule has 0 unspecified atom stereocenters. The molecule has 0 N–H and O–H groups in total. The lowest BCUT2D eigenvalue weighted by molar-refractivity contribution is -0.167. The molecule has 0 saturated heterocycles. The van der Waals surface area contributed by atoms with Crippen molar-refractivity contribution in [1.29, 1.82) is 0 Å². The summed E-state index contributed by atoms with van der Waals surface area (Å²) in [4.78, 5) is 0. The molecule has 0 aromatic heterocycles. The fraction of sp³-hybridized carbons (Fsp3) is 1.00. The van der Waals surface area contributed by atoms with Crippen molar-refractivity contribution in [2.75, 3.05) is 37.9 Å². The molecule has 36 heavy (non-hydrogen) atoms. The van der Waals surface area contributed by atoms with E-state index in [1.54, 1.807) is 0 Å². The van der Waals surface area contributed by atoms with E-state index in [4.69, 9.17) is 18.9 Å². The zero-order valence-corrected chi connectivity index (χ0v) is 30.5. The molecule has 10 heteroatoms. The standard InChI is InChI=1S/C26H58O4S4Si2/c1-7-13-17-27-25(35-21-11-5,28-18-14-8-2)23-31-33-34-32-24-26(36-22-12-6,29-19-15-9-3)30-20-16-10-4/h7-24,35-36H2,1-6H3. The lowest BCUT2D eigenvalue weighted by Crippen LogP contribution is -2.45. The topological polar surface area (TPSA) is 36.9 Å². The van der Waals surface area contributed by atoms with Gasteiger partial charge in [0, 0.05) is 26.4 Å². The Morgan fingerprint density at radius 2 is 0.778 bits per heavy atom. The Morgan fingerprint density at radius 1 is 0.472 bits per heavy atom. The summed E-state index contributed by atoms with van der Waals surface area (Å²) in [5.74, 6) is 1.86. The second-order valence-electron chi connectivity index (χ2n) is 9.50. The summed E-state index contributed by atoms with van der Waals surface area (Å²) in [7, 11) is 6.65. The van der Waals surface area contributed by atoms with Gasteiger partial charge in [-0.2, -0.15) is 0 Å². The summed E-state index contributed by atoms with van der Waals surface area (Å²) in [6.45, 7) is 16.8. The van der Waals surface area contributed by atoms with Gasteiger partial charge in [0.2, 0.25) is 0 Å². The Bertz CT molecular complexity index is 408. The Balaban J connectivity index is 4.90. The van der Waals surface area contributed by atoms with Crippen LogP contribution in [0, 0.1) is 0 Å². The Morgan fingerprint density at radius 3 is 1.03 bits per heavy atom. The highest BCUT2D eigenvalue weighted by molar-refractivity contribution is 9.26. The smallest absolute Gasteiger partial charge is 0.154 e. The molecule has 0 aliphatic carbocycles. The third kappa shape index (κ3) is 19.7. The lowest BCUT2D eigenvalue weighted by Gasteiger charge is -2.34. The maximum absolute atomic E-state index is 6.49. The molecule has 218 valence electrons. The van der Waals surface area contributed by atoms with Gasteiger partial charge in [-0.1, -0.05) is 114 Å². The van der Waals surface area contributed by atoms with E-state index in [1.807, 2.05) is 41.2 Å². The molecule has 0 aliphatic rings. The summed E-state index contributed by atoms with van der Waals surface area (Å²) < 4.78 is 26.0. The van der Waals surface area contributed by atoms with Gasteiger partial charge in [0.25, 0.3) is 0 Å². The summed E-state index contributed by atoms with van der Waals surface area (Å²) >= 11 is 0. The van der Waals surface area contributed by atoms with Crippen molar-refractivity contribution in [2.24, 2.45) is 0 Å². The van der Waals surface area contributed by atoms with Crippen molar-refractivity contribution >= 4 is 60.3 Å². The highest BCUT2D eigenvalue weighted by Crippen LogP contribution is 2.46. The van der Waals surface area contributed by atoms with E-state index in [-0.39, 0.29) is 10.8 Å². The molecule has 0 aliphatic heterocycles. The Hall–Kier alpha value is 1.67. The monoisotopic (exact) mass is 618 g/mol. The predicted molar refractivity (Wildman–Crippen MR) is 176 cm³/mol. The molecule has 0 bridgehead atoms. The van der Waals surface area contributed by atoms with Gasteiger partial charge in [-0.05, 0) is 45.3 Å². The van der Waals surface area contributed by atoms with Crippen LogP contribution in [0.5, 0.6) is 0 Å². The molecule has 0 aromatic carbocycles. The first-order chi connectivity index (χ1) is 17.6. The van der Waals surface area contributed by atoms with Gasteiger partial charge >= 0.3 is 0 Å². The summed E-state index contributed by atoms with van der Waals surface area (Å²) in [5, 5.41) is 0. The summed E-state index contributed by atoms with van der Waals surface area (Å²) in [5.41, 5.74) is -0.624. The molecule has 0 radical (unpaired) electrons. The van der Waals surface area contributed by atoms with Crippen molar-refractivity contribution in [2.45, 2.75) is 129 Å². The van der Waals surface area contributed by atoms with Gasteiger partial charge in [0.15, 0.2) is 10.8 Å². The average Bonchev–Trinajstić information content (AvgIpc) is 2.88. The molecule has 4 nitrogen and oxygen atoms in total. The van der Waals surface area contributed by atoms with Crippen LogP contribution in [0.15, 0.2) is 0 Å². The van der Waals surface area contributed by atoms with Crippen molar-refractivity contribution in [3.63, 3.8) is 0 Å². The van der Waals surface area contributed by atoms with Crippen LogP contribution in [-0.4, -0.2) is 67.8 Å². The molecule has 0 aromatic rings. The van der Waals surface area contributed by atoms with Crippen molar-refractivity contribution in [3.05, 3.63) is 0 Å². The highest BCUT2D eigenvalue weighted by Gasteiger charge is 2.33. The minimum Gasteiger partial charge on any atom is -0.354 e. The first-order valence-electron chi connectivity index (χ1n) is 14.7. The molecule has 0 spiro atoms. The number of hydrogen-bond acceptors (Lipinski definition) is 8. The summed E-state index contributed by atoms with van der Waals surface area (Å²) in [6, 6.07) is 2.56. The molecule has 0 fully saturated rings. The van der Waals surface area contributed by atoms with Gasteiger partial charge < -0.3 is 18.9 Å². The third-order valence-electron chi connectivity index (χ3n) is 5.96. The van der Waals surface area contributed by atoms with E-state index >= 15 is 0 Å². The van der Waals surface area contributed by atoms with Crippen LogP contribution in [0.3, 0.4) is 0 Å². The second-order valence-corrected chi connectivity index (χ2v) is 20.1. The van der Waals surface area contributed by atoms with Gasteiger partial charge in [-0.15, -0.1) is 0 Å². The Kier molecular flexibility index (Phi) is 28.1. The first-order valence-corrected chi connectivity index (χ1v) is 23.3. The average molecular weight is 619 g/mol. The molecule has 0 saturated carbocycles. The van der Waals surface area contributed by atoms with Crippen molar-refractivity contribution in [1.82, 2.24) is 0 Å².